The monoisotopic (exact) mass is 682 g/mol. The maximum Gasteiger partial charge on any atom is 0.311 e. The summed E-state index contributed by atoms with van der Waals surface area (Å²) >= 11 is 0. The van der Waals surface area contributed by atoms with E-state index in [0.717, 1.165) is 49.4 Å². The predicted molar refractivity (Wildman–Crippen MR) is 194 cm³/mol. The third-order valence-electron chi connectivity index (χ3n) is 9.21. The number of benzene rings is 3. The van der Waals surface area contributed by atoms with Crippen LogP contribution in [0.2, 0.25) is 0 Å². The van der Waals surface area contributed by atoms with Crippen LogP contribution in [0, 0.1) is 6.92 Å². The lowest BCUT2D eigenvalue weighted by Gasteiger charge is -2.17. The van der Waals surface area contributed by atoms with E-state index < -0.39 is 11.9 Å². The Hall–Kier alpha value is -6.16. The summed E-state index contributed by atoms with van der Waals surface area (Å²) in [5.41, 5.74) is 7.45. The maximum absolute atomic E-state index is 13.2. The standard InChI is InChI=1S/C41H38N4O6/c1-26-41(51-40(48)19-16-29-22-45-37-13-7-4-10-33(29)37)34(25-50-39(47)18-15-28-21-44-36-12-6-3-9-32(28)36)30(23-42-26)24-49-38(46)17-14-27-20-43-35-11-5-2-8-31(27)35/h2-13,20-23,43-45H,14-19,24-25H2,1H3. The van der Waals surface area contributed by atoms with Gasteiger partial charge >= 0.3 is 17.9 Å². The number of rotatable bonds is 14. The van der Waals surface area contributed by atoms with Gasteiger partial charge in [0, 0.05) is 81.5 Å². The van der Waals surface area contributed by atoms with Gasteiger partial charge in [0.25, 0.3) is 0 Å². The van der Waals surface area contributed by atoms with Crippen LogP contribution in [0.3, 0.4) is 0 Å². The summed E-state index contributed by atoms with van der Waals surface area (Å²) in [6.45, 7) is 1.42. The van der Waals surface area contributed by atoms with Crippen molar-refractivity contribution in [1.82, 2.24) is 19.9 Å². The van der Waals surface area contributed by atoms with E-state index in [9.17, 15) is 14.4 Å². The number of nitrogens with zero attached hydrogens (tertiary/aromatic N) is 1. The molecule has 0 spiro atoms. The molecule has 0 saturated carbocycles. The normalized spacial score (nSPS) is 11.3. The van der Waals surface area contributed by atoms with Crippen molar-refractivity contribution in [3.8, 4) is 5.75 Å². The minimum Gasteiger partial charge on any atom is -0.461 e. The van der Waals surface area contributed by atoms with Gasteiger partial charge in [0.05, 0.1) is 12.1 Å². The van der Waals surface area contributed by atoms with Crippen LogP contribution in [0.25, 0.3) is 32.7 Å². The van der Waals surface area contributed by atoms with Crippen molar-refractivity contribution in [3.63, 3.8) is 0 Å². The zero-order valence-electron chi connectivity index (χ0n) is 28.3. The quantitative estimate of drug-likeness (QED) is 0.0998. The molecular weight excluding hydrogens is 644 g/mol. The van der Waals surface area contributed by atoms with Crippen molar-refractivity contribution in [2.24, 2.45) is 0 Å². The molecule has 0 unspecified atom stereocenters. The van der Waals surface area contributed by atoms with Crippen LogP contribution in [-0.2, 0) is 56.3 Å². The predicted octanol–water partition coefficient (Wildman–Crippen LogP) is 7.72. The van der Waals surface area contributed by atoms with Gasteiger partial charge in [-0.3, -0.25) is 19.4 Å². The van der Waals surface area contributed by atoms with Gasteiger partial charge in [-0.1, -0.05) is 54.6 Å². The molecule has 0 aliphatic heterocycles. The van der Waals surface area contributed by atoms with Crippen LogP contribution in [0.15, 0.2) is 97.6 Å². The molecule has 4 heterocycles. The minimum atomic E-state index is -0.454. The number of aryl methyl sites for hydroxylation is 4. The number of esters is 3. The highest BCUT2D eigenvalue weighted by Gasteiger charge is 2.21. The van der Waals surface area contributed by atoms with Gasteiger partial charge in [-0.05, 0) is 61.1 Å². The summed E-state index contributed by atoms with van der Waals surface area (Å²) in [5.74, 6) is -1.05. The second-order valence-corrected chi connectivity index (χ2v) is 12.6. The van der Waals surface area contributed by atoms with E-state index in [1.165, 1.54) is 0 Å². The molecule has 0 radical (unpaired) electrons. The SMILES string of the molecule is Cc1ncc(COC(=O)CCc2c[nH]c3ccccc23)c(COC(=O)CCc2c[nH]c3ccccc23)c1OC(=O)CCc1c[nH]c2ccccc12. The second-order valence-electron chi connectivity index (χ2n) is 12.6. The Balaban J connectivity index is 1.04. The summed E-state index contributed by atoms with van der Waals surface area (Å²) in [6.07, 6.45) is 9.22. The van der Waals surface area contributed by atoms with E-state index in [1.807, 2.05) is 91.4 Å². The molecule has 0 aliphatic carbocycles. The van der Waals surface area contributed by atoms with Crippen LogP contribution in [-0.4, -0.2) is 37.8 Å². The van der Waals surface area contributed by atoms with Crippen LogP contribution in [0.5, 0.6) is 5.75 Å². The largest absolute Gasteiger partial charge is 0.461 e. The number of aromatic amines is 3. The molecule has 4 aromatic heterocycles. The van der Waals surface area contributed by atoms with E-state index in [-0.39, 0.29) is 44.2 Å². The number of para-hydroxylation sites is 3. The van der Waals surface area contributed by atoms with E-state index >= 15 is 0 Å². The van der Waals surface area contributed by atoms with Gasteiger partial charge in [-0.2, -0.15) is 0 Å². The number of hydrogen-bond donors (Lipinski definition) is 3. The lowest BCUT2D eigenvalue weighted by atomic mass is 10.1. The molecule has 0 aliphatic rings. The fourth-order valence-electron chi connectivity index (χ4n) is 6.44. The molecule has 51 heavy (non-hydrogen) atoms. The summed E-state index contributed by atoms with van der Waals surface area (Å²) < 4.78 is 17.4. The van der Waals surface area contributed by atoms with E-state index in [2.05, 4.69) is 19.9 Å². The number of fused-ring (bicyclic) bond motifs is 3. The first-order valence-electron chi connectivity index (χ1n) is 17.1. The molecule has 7 rings (SSSR count). The van der Waals surface area contributed by atoms with E-state index in [1.54, 1.807) is 13.1 Å². The first-order chi connectivity index (χ1) is 24.9. The first-order valence-corrected chi connectivity index (χ1v) is 17.1. The van der Waals surface area contributed by atoms with Crippen LogP contribution in [0.1, 0.15) is 52.8 Å². The Bertz CT molecular complexity index is 2350. The van der Waals surface area contributed by atoms with Crippen molar-refractivity contribution in [2.75, 3.05) is 0 Å². The fourth-order valence-corrected chi connectivity index (χ4v) is 6.44. The van der Waals surface area contributed by atoms with Crippen molar-refractivity contribution < 1.29 is 28.6 Å². The zero-order chi connectivity index (χ0) is 35.2. The van der Waals surface area contributed by atoms with Crippen molar-refractivity contribution >= 4 is 50.6 Å². The van der Waals surface area contributed by atoms with Crippen LogP contribution < -0.4 is 4.74 Å². The molecule has 10 heteroatoms. The van der Waals surface area contributed by atoms with Gasteiger partial charge in [0.15, 0.2) is 5.75 Å². The fraction of sp³-hybridized carbons (Fsp3) is 0.220. The molecule has 3 N–H and O–H groups in total. The van der Waals surface area contributed by atoms with Crippen LogP contribution in [0.4, 0.5) is 0 Å². The van der Waals surface area contributed by atoms with E-state index in [4.69, 9.17) is 14.2 Å². The molecule has 0 atom stereocenters. The summed E-state index contributed by atoms with van der Waals surface area (Å²) in [4.78, 5) is 53.3. The zero-order valence-corrected chi connectivity index (χ0v) is 28.3. The lowest BCUT2D eigenvalue weighted by Crippen LogP contribution is -2.16. The molecule has 0 fully saturated rings. The van der Waals surface area contributed by atoms with Crippen LogP contribution >= 0.6 is 0 Å². The van der Waals surface area contributed by atoms with Gasteiger partial charge in [0.2, 0.25) is 0 Å². The number of hydrogen-bond acceptors (Lipinski definition) is 7. The molecule has 0 saturated heterocycles. The maximum atomic E-state index is 13.2. The Morgan fingerprint density at radius 2 is 1.00 bits per heavy atom. The topological polar surface area (TPSA) is 139 Å². The highest BCUT2D eigenvalue weighted by Crippen LogP contribution is 2.29. The number of H-pyrrole nitrogens is 3. The third kappa shape index (κ3) is 7.70. The highest BCUT2D eigenvalue weighted by atomic mass is 16.5. The van der Waals surface area contributed by atoms with Gasteiger partial charge in [0.1, 0.15) is 13.2 Å². The average molecular weight is 683 g/mol. The van der Waals surface area contributed by atoms with Gasteiger partial charge in [-0.25, -0.2) is 0 Å². The first kappa shape index (κ1) is 33.3. The summed E-state index contributed by atoms with van der Waals surface area (Å²) in [5, 5.41) is 3.18. The lowest BCUT2D eigenvalue weighted by molar-refractivity contribution is -0.146. The highest BCUT2D eigenvalue weighted by molar-refractivity contribution is 5.85. The number of carbonyl (C=O) groups is 3. The van der Waals surface area contributed by atoms with Gasteiger partial charge < -0.3 is 29.2 Å². The van der Waals surface area contributed by atoms with Crippen molar-refractivity contribution in [1.29, 1.82) is 0 Å². The Labute approximate surface area is 294 Å². The molecule has 7 aromatic rings. The summed E-state index contributed by atoms with van der Waals surface area (Å²) in [6, 6.07) is 23.8. The van der Waals surface area contributed by atoms with Crippen molar-refractivity contribution in [2.45, 2.75) is 58.7 Å². The number of aromatic nitrogens is 4. The van der Waals surface area contributed by atoms with Crippen molar-refractivity contribution in [3.05, 3.63) is 131 Å². The van der Waals surface area contributed by atoms with E-state index in [0.29, 0.717) is 36.1 Å². The molecular formula is C41H38N4O6. The molecule has 10 nitrogen and oxygen atoms in total. The van der Waals surface area contributed by atoms with Gasteiger partial charge in [-0.15, -0.1) is 0 Å². The summed E-state index contributed by atoms with van der Waals surface area (Å²) in [7, 11) is 0. The smallest absolute Gasteiger partial charge is 0.311 e. The number of nitrogens with one attached hydrogen (secondary N) is 3. The minimum absolute atomic E-state index is 0.123. The number of carbonyl (C=O) groups excluding carboxylic acids is 3. The average Bonchev–Trinajstić information content (AvgIpc) is 3.89. The Morgan fingerprint density at radius 3 is 1.49 bits per heavy atom. The molecule has 258 valence electrons. The molecule has 0 bridgehead atoms. The Morgan fingerprint density at radius 1 is 0.569 bits per heavy atom. The third-order valence-corrected chi connectivity index (χ3v) is 9.21. The molecule has 0 amide bonds. The second kappa shape index (κ2) is 15.2. The number of ether oxygens (including phenoxy) is 3. The Kier molecular flexibility index (Phi) is 9.91. The number of pyridine rings is 1. The molecule has 3 aromatic carbocycles.